The molecule has 1 aromatic rings. The fraction of sp³-hybridized carbons (Fsp3) is 0.467. The van der Waals surface area contributed by atoms with Gasteiger partial charge in [0.15, 0.2) is 0 Å². The molecule has 18 heavy (non-hydrogen) atoms. The Morgan fingerprint density at radius 1 is 1.39 bits per heavy atom. The zero-order chi connectivity index (χ0) is 13.0. The van der Waals surface area contributed by atoms with Crippen molar-refractivity contribution in [3.05, 3.63) is 42.0 Å². The van der Waals surface area contributed by atoms with Crippen LogP contribution in [0.15, 0.2) is 36.4 Å². The lowest BCUT2D eigenvalue weighted by Crippen LogP contribution is -2.39. The third-order valence-electron chi connectivity index (χ3n) is 3.29. The summed E-state index contributed by atoms with van der Waals surface area (Å²) >= 11 is 0. The summed E-state index contributed by atoms with van der Waals surface area (Å²) in [5, 5.41) is 14.0. The first-order chi connectivity index (χ1) is 8.62. The van der Waals surface area contributed by atoms with Crippen LogP contribution in [0.4, 0.5) is 0 Å². The Hall–Kier alpha value is -1.32. The van der Waals surface area contributed by atoms with Crippen LogP contribution in [0.25, 0.3) is 0 Å². The van der Waals surface area contributed by atoms with Crippen molar-refractivity contribution in [3.63, 3.8) is 0 Å². The minimum absolute atomic E-state index is 0.491. The molecule has 1 saturated heterocycles. The highest BCUT2D eigenvalue weighted by molar-refractivity contribution is 5.38. The summed E-state index contributed by atoms with van der Waals surface area (Å²) in [6, 6.07) is 7.75. The number of hydrogen-bond acceptors (Lipinski definition) is 3. The van der Waals surface area contributed by atoms with Crippen LogP contribution in [0.5, 0.6) is 5.75 Å². The molecule has 0 unspecified atom stereocenters. The molecule has 1 aliphatic rings. The molecule has 1 fully saturated rings. The molecule has 0 aliphatic carbocycles. The Labute approximate surface area is 108 Å². The standard InChI is InChI=1S/C15H21NO2/c1-12(2)11-18-14-6-4-3-5-13(14)15(17)7-9-16-10-8-15/h3-6,16-17H,1,7-11H2,2H3. The number of nitrogens with one attached hydrogen (secondary N) is 1. The highest BCUT2D eigenvalue weighted by Crippen LogP contribution is 2.36. The molecule has 1 heterocycles. The summed E-state index contributed by atoms with van der Waals surface area (Å²) < 4.78 is 5.74. The minimum atomic E-state index is -0.767. The van der Waals surface area contributed by atoms with Crippen molar-refractivity contribution < 1.29 is 9.84 Å². The molecule has 1 aromatic carbocycles. The van der Waals surface area contributed by atoms with Crippen molar-refractivity contribution in [1.82, 2.24) is 5.32 Å². The zero-order valence-electron chi connectivity index (χ0n) is 10.9. The summed E-state index contributed by atoms with van der Waals surface area (Å²) in [5.41, 5.74) is 1.10. The van der Waals surface area contributed by atoms with Crippen LogP contribution >= 0.6 is 0 Å². The van der Waals surface area contributed by atoms with Gasteiger partial charge in [0.05, 0.1) is 5.60 Å². The first kappa shape index (κ1) is 13.1. The van der Waals surface area contributed by atoms with Gasteiger partial charge in [-0.1, -0.05) is 24.8 Å². The van der Waals surface area contributed by atoms with Crippen LogP contribution in [0.3, 0.4) is 0 Å². The van der Waals surface area contributed by atoms with E-state index in [1.54, 1.807) is 0 Å². The van der Waals surface area contributed by atoms with Crippen LogP contribution in [-0.4, -0.2) is 24.8 Å². The van der Waals surface area contributed by atoms with Crippen LogP contribution in [0.1, 0.15) is 25.3 Å². The molecule has 0 radical (unpaired) electrons. The second-order valence-corrected chi connectivity index (χ2v) is 5.02. The Bertz CT molecular complexity index is 422. The number of benzene rings is 1. The van der Waals surface area contributed by atoms with E-state index >= 15 is 0 Å². The van der Waals surface area contributed by atoms with Gasteiger partial charge in [-0.25, -0.2) is 0 Å². The molecule has 0 atom stereocenters. The molecule has 2 N–H and O–H groups in total. The van der Waals surface area contributed by atoms with Crippen molar-refractivity contribution in [2.45, 2.75) is 25.4 Å². The quantitative estimate of drug-likeness (QED) is 0.802. The molecule has 0 spiro atoms. The van der Waals surface area contributed by atoms with Crippen molar-refractivity contribution >= 4 is 0 Å². The average molecular weight is 247 g/mol. The Balaban J connectivity index is 2.23. The van der Waals surface area contributed by atoms with Gasteiger partial charge in [0.2, 0.25) is 0 Å². The topological polar surface area (TPSA) is 41.5 Å². The Morgan fingerprint density at radius 2 is 2.06 bits per heavy atom. The van der Waals surface area contributed by atoms with Gasteiger partial charge in [0.1, 0.15) is 12.4 Å². The van der Waals surface area contributed by atoms with Gasteiger partial charge in [-0.05, 0) is 44.5 Å². The Kier molecular flexibility index (Phi) is 4.04. The van der Waals surface area contributed by atoms with Crippen molar-refractivity contribution in [3.8, 4) is 5.75 Å². The molecule has 0 amide bonds. The highest BCUT2D eigenvalue weighted by Gasteiger charge is 2.33. The second-order valence-electron chi connectivity index (χ2n) is 5.02. The fourth-order valence-electron chi connectivity index (χ4n) is 2.29. The van der Waals surface area contributed by atoms with Crippen LogP contribution in [0, 0.1) is 0 Å². The molecular weight excluding hydrogens is 226 g/mol. The van der Waals surface area contributed by atoms with Gasteiger partial charge in [0, 0.05) is 5.56 Å². The van der Waals surface area contributed by atoms with E-state index in [1.165, 1.54) is 0 Å². The third kappa shape index (κ3) is 2.92. The predicted molar refractivity (Wildman–Crippen MR) is 72.8 cm³/mol. The number of rotatable bonds is 4. The minimum Gasteiger partial charge on any atom is -0.489 e. The number of para-hydroxylation sites is 1. The van der Waals surface area contributed by atoms with E-state index in [0.29, 0.717) is 6.61 Å². The lowest BCUT2D eigenvalue weighted by Gasteiger charge is -2.34. The first-order valence-electron chi connectivity index (χ1n) is 6.42. The van der Waals surface area contributed by atoms with E-state index in [-0.39, 0.29) is 0 Å². The average Bonchev–Trinajstić information content (AvgIpc) is 2.37. The van der Waals surface area contributed by atoms with Crippen molar-refractivity contribution in [1.29, 1.82) is 0 Å². The maximum Gasteiger partial charge on any atom is 0.125 e. The molecule has 3 heteroatoms. The lowest BCUT2D eigenvalue weighted by molar-refractivity contribution is 0.00362. The maximum absolute atomic E-state index is 10.7. The summed E-state index contributed by atoms with van der Waals surface area (Å²) in [7, 11) is 0. The molecule has 0 saturated carbocycles. The van der Waals surface area contributed by atoms with E-state index in [9.17, 15) is 5.11 Å². The number of hydrogen-bond donors (Lipinski definition) is 2. The number of aliphatic hydroxyl groups is 1. The van der Waals surface area contributed by atoms with Gasteiger partial charge >= 0.3 is 0 Å². The smallest absolute Gasteiger partial charge is 0.125 e. The van der Waals surface area contributed by atoms with Crippen LogP contribution < -0.4 is 10.1 Å². The van der Waals surface area contributed by atoms with Crippen LogP contribution in [-0.2, 0) is 5.60 Å². The van der Waals surface area contributed by atoms with Gasteiger partial charge in [-0.2, -0.15) is 0 Å². The Morgan fingerprint density at radius 3 is 2.72 bits per heavy atom. The lowest BCUT2D eigenvalue weighted by atomic mass is 9.84. The van der Waals surface area contributed by atoms with Crippen molar-refractivity contribution in [2.24, 2.45) is 0 Å². The molecule has 1 aliphatic heterocycles. The normalized spacial score (nSPS) is 18.3. The van der Waals surface area contributed by atoms with Crippen molar-refractivity contribution in [2.75, 3.05) is 19.7 Å². The monoisotopic (exact) mass is 247 g/mol. The number of piperidine rings is 1. The molecule has 98 valence electrons. The maximum atomic E-state index is 10.7. The molecule has 0 bridgehead atoms. The predicted octanol–water partition coefficient (Wildman–Crippen LogP) is 2.21. The van der Waals surface area contributed by atoms with E-state index in [2.05, 4.69) is 11.9 Å². The molecule has 2 rings (SSSR count). The van der Waals surface area contributed by atoms with Gasteiger partial charge < -0.3 is 15.2 Å². The second kappa shape index (κ2) is 5.55. The fourth-order valence-corrected chi connectivity index (χ4v) is 2.29. The summed E-state index contributed by atoms with van der Waals surface area (Å²) in [4.78, 5) is 0. The summed E-state index contributed by atoms with van der Waals surface area (Å²) in [5.74, 6) is 0.768. The first-order valence-corrected chi connectivity index (χ1v) is 6.42. The highest BCUT2D eigenvalue weighted by atomic mass is 16.5. The summed E-state index contributed by atoms with van der Waals surface area (Å²) in [6.45, 7) is 7.93. The molecular formula is C15H21NO2. The van der Waals surface area contributed by atoms with E-state index in [0.717, 1.165) is 42.8 Å². The van der Waals surface area contributed by atoms with E-state index < -0.39 is 5.60 Å². The van der Waals surface area contributed by atoms with Gasteiger partial charge in [0.25, 0.3) is 0 Å². The van der Waals surface area contributed by atoms with Gasteiger partial charge in [-0.15, -0.1) is 0 Å². The van der Waals surface area contributed by atoms with E-state index in [1.807, 2.05) is 31.2 Å². The third-order valence-corrected chi connectivity index (χ3v) is 3.29. The summed E-state index contributed by atoms with van der Waals surface area (Å²) in [6.07, 6.45) is 1.45. The van der Waals surface area contributed by atoms with Crippen LogP contribution in [0.2, 0.25) is 0 Å². The molecule has 3 nitrogen and oxygen atoms in total. The molecule has 0 aromatic heterocycles. The number of ether oxygens (including phenoxy) is 1. The largest absolute Gasteiger partial charge is 0.489 e. The van der Waals surface area contributed by atoms with E-state index in [4.69, 9.17) is 4.74 Å². The SMILES string of the molecule is C=C(C)COc1ccccc1C1(O)CCNCC1. The van der Waals surface area contributed by atoms with Gasteiger partial charge in [-0.3, -0.25) is 0 Å². The zero-order valence-corrected chi connectivity index (χ0v) is 10.9.